The first kappa shape index (κ1) is 23.3. The molecule has 0 spiro atoms. The van der Waals surface area contributed by atoms with Crippen LogP contribution in [0.4, 0.5) is 5.69 Å². The van der Waals surface area contributed by atoms with E-state index in [9.17, 15) is 9.59 Å². The molecular formula is C25H25N5O3. The molecule has 2 heterocycles. The molecule has 4 rings (SSSR count). The van der Waals surface area contributed by atoms with Gasteiger partial charge in [0.2, 0.25) is 11.7 Å². The number of rotatable bonds is 3. The number of nitrogens with one attached hydrogen (secondary N) is 1. The number of aromatic amines is 1. The van der Waals surface area contributed by atoms with E-state index in [1.54, 1.807) is 11.9 Å². The maximum Gasteiger partial charge on any atom is 0.288 e. The molecule has 8 nitrogen and oxygen atoms in total. The number of fused-ring (bicyclic) bond motifs is 1. The van der Waals surface area contributed by atoms with E-state index in [0.717, 1.165) is 28.1 Å². The van der Waals surface area contributed by atoms with Crippen LogP contribution in [0.15, 0.2) is 60.7 Å². The van der Waals surface area contributed by atoms with Gasteiger partial charge in [-0.2, -0.15) is 0 Å². The smallest absolute Gasteiger partial charge is 0.288 e. The number of H-pyrrole nitrogens is 1. The van der Waals surface area contributed by atoms with Crippen LogP contribution in [0.5, 0.6) is 5.75 Å². The first-order chi connectivity index (χ1) is 15.8. The highest BCUT2D eigenvalue weighted by Crippen LogP contribution is 2.31. The number of nitrogens with two attached hydrogens (primary N) is 1. The van der Waals surface area contributed by atoms with Crippen molar-refractivity contribution in [3.8, 4) is 17.6 Å². The molecule has 1 aliphatic rings. The summed E-state index contributed by atoms with van der Waals surface area (Å²) in [6.45, 7) is 6.02. The van der Waals surface area contributed by atoms with Crippen LogP contribution >= 0.6 is 0 Å². The Bertz CT molecular complexity index is 1220. The lowest BCUT2D eigenvalue weighted by molar-refractivity contribution is -0.118. The number of benzene rings is 2. The molecule has 3 aromatic rings. The normalized spacial score (nSPS) is 12.2. The molecule has 0 bridgehead atoms. The Morgan fingerprint density at radius 3 is 2.70 bits per heavy atom. The molecular weight excluding hydrogens is 418 g/mol. The predicted molar refractivity (Wildman–Crippen MR) is 126 cm³/mol. The third-order valence-corrected chi connectivity index (χ3v) is 4.65. The second kappa shape index (κ2) is 10.8. The van der Waals surface area contributed by atoms with Crippen LogP contribution in [0.2, 0.25) is 0 Å². The summed E-state index contributed by atoms with van der Waals surface area (Å²) in [5.74, 6) is 6.75. The monoisotopic (exact) mass is 443 g/mol. The zero-order valence-electron chi connectivity index (χ0n) is 18.6. The van der Waals surface area contributed by atoms with Crippen molar-refractivity contribution < 1.29 is 14.3 Å². The molecule has 0 atom stereocenters. The number of primary amides is 1. The second-order valence-electron chi connectivity index (χ2n) is 7.40. The summed E-state index contributed by atoms with van der Waals surface area (Å²) in [7, 11) is 1.76. The van der Waals surface area contributed by atoms with Gasteiger partial charge in [0, 0.05) is 19.0 Å². The van der Waals surface area contributed by atoms with Gasteiger partial charge in [-0.15, -0.1) is 5.10 Å². The minimum atomic E-state index is -0.620. The zero-order valence-corrected chi connectivity index (χ0v) is 18.6. The third-order valence-electron chi connectivity index (χ3n) is 4.65. The lowest BCUT2D eigenvalue weighted by Crippen LogP contribution is -2.25. The zero-order chi connectivity index (χ0) is 23.8. The molecule has 0 saturated carbocycles. The van der Waals surface area contributed by atoms with Crippen LogP contribution in [0.3, 0.4) is 0 Å². The number of aromatic nitrogens is 3. The number of hydrogen-bond acceptors (Lipinski definition) is 5. The molecule has 3 N–H and O–H groups in total. The largest absolute Gasteiger partial charge is 0.491 e. The van der Waals surface area contributed by atoms with E-state index in [1.807, 2.05) is 55.5 Å². The fraction of sp³-hybridized carbons (Fsp3) is 0.200. The van der Waals surface area contributed by atoms with Crippen molar-refractivity contribution in [3.05, 3.63) is 83.5 Å². The van der Waals surface area contributed by atoms with Crippen molar-refractivity contribution >= 4 is 17.5 Å². The highest BCUT2D eigenvalue weighted by molar-refractivity contribution is 5.95. The van der Waals surface area contributed by atoms with Gasteiger partial charge in [0.1, 0.15) is 11.6 Å². The summed E-state index contributed by atoms with van der Waals surface area (Å²) >= 11 is 0. The van der Waals surface area contributed by atoms with Gasteiger partial charge in [0.15, 0.2) is 0 Å². The summed E-state index contributed by atoms with van der Waals surface area (Å²) in [5.41, 5.74) is 8.57. The Hall–Kier alpha value is -4.38. The van der Waals surface area contributed by atoms with Crippen LogP contribution in [-0.2, 0) is 11.2 Å². The van der Waals surface area contributed by atoms with Crippen molar-refractivity contribution in [2.24, 2.45) is 5.73 Å². The van der Waals surface area contributed by atoms with E-state index in [-0.39, 0.29) is 11.7 Å². The molecule has 168 valence electrons. The standard InChI is InChI=1S/C15H15NO2.C10H10N4O/c1-11(2)4-5-12-6-7-14-13(10-12)16(3)15(17)8-9-18-14;11-9(15)10-12-8(13-14-10)6-7-4-2-1-3-5-7/h6-7,10H,1,8-9H2,2-3H3;1-5H,6H2,(H2,11,15)(H,12,13,14). The van der Waals surface area contributed by atoms with E-state index in [4.69, 9.17) is 10.5 Å². The Morgan fingerprint density at radius 1 is 1.27 bits per heavy atom. The number of ether oxygens (including phenoxy) is 1. The average molecular weight is 444 g/mol. The van der Waals surface area contributed by atoms with Crippen molar-refractivity contribution in [2.75, 3.05) is 18.6 Å². The van der Waals surface area contributed by atoms with Crippen LogP contribution in [0.1, 0.15) is 40.9 Å². The van der Waals surface area contributed by atoms with Crippen molar-refractivity contribution in [1.29, 1.82) is 0 Å². The summed E-state index contributed by atoms with van der Waals surface area (Å²) in [6, 6.07) is 15.4. The third kappa shape index (κ3) is 6.55. The summed E-state index contributed by atoms with van der Waals surface area (Å²) < 4.78 is 5.54. The predicted octanol–water partition coefficient (Wildman–Crippen LogP) is 2.85. The fourth-order valence-corrected chi connectivity index (χ4v) is 2.98. The van der Waals surface area contributed by atoms with Crippen LogP contribution in [0.25, 0.3) is 0 Å². The summed E-state index contributed by atoms with van der Waals surface area (Å²) in [6.07, 6.45) is 1.01. The number of allylic oxidation sites excluding steroid dienone is 1. The van der Waals surface area contributed by atoms with Crippen LogP contribution in [-0.4, -0.2) is 40.7 Å². The number of amides is 2. The van der Waals surface area contributed by atoms with Crippen molar-refractivity contribution in [1.82, 2.24) is 15.2 Å². The van der Waals surface area contributed by atoms with Gasteiger partial charge in [-0.05, 0) is 36.3 Å². The van der Waals surface area contributed by atoms with Crippen molar-refractivity contribution in [3.63, 3.8) is 0 Å². The van der Waals surface area contributed by atoms with E-state index >= 15 is 0 Å². The van der Waals surface area contributed by atoms with E-state index in [0.29, 0.717) is 25.3 Å². The molecule has 0 saturated heterocycles. The average Bonchev–Trinajstić information content (AvgIpc) is 3.22. The van der Waals surface area contributed by atoms with E-state index < -0.39 is 5.91 Å². The van der Waals surface area contributed by atoms with Gasteiger partial charge in [-0.3, -0.25) is 14.7 Å². The molecule has 2 amide bonds. The van der Waals surface area contributed by atoms with Crippen LogP contribution in [0, 0.1) is 11.8 Å². The molecule has 0 fully saturated rings. The molecule has 8 heteroatoms. The van der Waals surface area contributed by atoms with Gasteiger partial charge in [-0.1, -0.05) is 48.8 Å². The first-order valence-corrected chi connectivity index (χ1v) is 10.3. The number of anilines is 1. The number of nitrogens with zero attached hydrogens (tertiary/aromatic N) is 3. The highest BCUT2D eigenvalue weighted by Gasteiger charge is 2.19. The number of carbonyl (C=O) groups is 2. The van der Waals surface area contributed by atoms with Crippen molar-refractivity contribution in [2.45, 2.75) is 19.8 Å². The molecule has 2 aromatic carbocycles. The lowest BCUT2D eigenvalue weighted by Gasteiger charge is -2.16. The molecule has 33 heavy (non-hydrogen) atoms. The summed E-state index contributed by atoms with van der Waals surface area (Å²) in [5, 5.41) is 6.37. The molecule has 0 unspecified atom stereocenters. The highest BCUT2D eigenvalue weighted by atomic mass is 16.5. The topological polar surface area (TPSA) is 114 Å². The van der Waals surface area contributed by atoms with E-state index in [1.165, 1.54) is 0 Å². The lowest BCUT2D eigenvalue weighted by atomic mass is 10.1. The van der Waals surface area contributed by atoms with Gasteiger partial charge in [-0.25, -0.2) is 4.98 Å². The molecule has 0 radical (unpaired) electrons. The van der Waals surface area contributed by atoms with Gasteiger partial charge in [0.05, 0.1) is 18.7 Å². The molecule has 0 aliphatic carbocycles. The minimum absolute atomic E-state index is 0.0286. The maximum absolute atomic E-state index is 11.7. The van der Waals surface area contributed by atoms with Gasteiger partial charge < -0.3 is 15.4 Å². The number of hydrogen-bond donors (Lipinski definition) is 2. The maximum atomic E-state index is 11.7. The second-order valence-corrected chi connectivity index (χ2v) is 7.40. The molecule has 1 aromatic heterocycles. The Labute approximate surface area is 192 Å². The Balaban J connectivity index is 0.000000189. The van der Waals surface area contributed by atoms with Gasteiger partial charge >= 0.3 is 0 Å². The number of carbonyl (C=O) groups excluding carboxylic acids is 2. The summed E-state index contributed by atoms with van der Waals surface area (Å²) in [4.78, 5) is 28.1. The van der Waals surface area contributed by atoms with E-state index in [2.05, 4.69) is 33.6 Å². The Morgan fingerprint density at radius 2 is 2.03 bits per heavy atom. The SMILES string of the molecule is C=C(C)C#Cc1ccc2c(c1)N(C)C(=O)CCO2.NC(=O)c1n[nH]c(Cc2ccccc2)n1. The minimum Gasteiger partial charge on any atom is -0.491 e. The molecule has 1 aliphatic heterocycles. The Kier molecular flexibility index (Phi) is 7.60. The van der Waals surface area contributed by atoms with Gasteiger partial charge in [0.25, 0.3) is 5.91 Å². The quantitative estimate of drug-likeness (QED) is 0.604. The first-order valence-electron chi connectivity index (χ1n) is 10.3. The van der Waals surface area contributed by atoms with Crippen LogP contribution < -0.4 is 15.4 Å². The fourth-order valence-electron chi connectivity index (χ4n) is 2.98.